The lowest BCUT2D eigenvalue weighted by Crippen LogP contribution is -2.21. The molecule has 1 heterocycles. The van der Waals surface area contributed by atoms with Crippen molar-refractivity contribution in [2.24, 2.45) is 0 Å². The van der Waals surface area contributed by atoms with Crippen LogP contribution in [0.5, 0.6) is 0 Å². The molecule has 0 aliphatic heterocycles. The van der Waals surface area contributed by atoms with Crippen LogP contribution < -0.4 is 5.32 Å². The molecule has 23 heavy (non-hydrogen) atoms. The first-order chi connectivity index (χ1) is 11.0. The number of rotatable bonds is 6. The molecular weight excluding hydrogens is 300 g/mol. The second-order valence-corrected chi connectivity index (χ2v) is 5.37. The first-order valence-corrected chi connectivity index (χ1v) is 7.51. The molecule has 0 bridgehead atoms. The summed E-state index contributed by atoms with van der Waals surface area (Å²) < 4.78 is 9.53. The second kappa shape index (κ2) is 7.21. The highest BCUT2D eigenvalue weighted by atomic mass is 16.5. The lowest BCUT2D eigenvalue weighted by molar-refractivity contribution is -0.145. The topological polar surface area (TPSA) is 94.6 Å². The van der Waals surface area contributed by atoms with E-state index in [-0.39, 0.29) is 18.1 Å². The average molecular weight is 320 g/mol. The predicted molar refractivity (Wildman–Crippen MR) is 82.2 cm³/mol. The van der Waals surface area contributed by atoms with Gasteiger partial charge < -0.3 is 14.8 Å². The first-order valence-electron chi connectivity index (χ1n) is 7.51. The quantitative estimate of drug-likeness (QED) is 0.636. The van der Waals surface area contributed by atoms with Gasteiger partial charge in [-0.1, -0.05) is 0 Å². The number of nitrogens with one attached hydrogen (secondary N) is 1. The lowest BCUT2D eigenvalue weighted by Gasteiger charge is -2.15. The predicted octanol–water partition coefficient (Wildman–Crippen LogP) is 1.95. The van der Waals surface area contributed by atoms with E-state index < -0.39 is 24.3 Å². The Kier molecular flexibility index (Phi) is 5.31. The van der Waals surface area contributed by atoms with E-state index >= 15 is 0 Å². The van der Waals surface area contributed by atoms with Gasteiger partial charge in [0.05, 0.1) is 30.7 Å². The number of hydrogen-bond donors (Lipinski definition) is 1. The summed E-state index contributed by atoms with van der Waals surface area (Å²) in [5.74, 6) is -1.49. The number of aromatic nitrogens is 1. The number of nitrogens with zero attached hydrogens (tertiary/aromatic N) is 1. The number of carbonyl (C=O) groups is 3. The number of pyridine rings is 1. The molecule has 7 heteroatoms. The van der Waals surface area contributed by atoms with Crippen LogP contribution in [0.4, 0.5) is 5.69 Å². The van der Waals surface area contributed by atoms with Crippen molar-refractivity contribution in [3.05, 3.63) is 23.0 Å². The number of aryl methyl sites for hydroxylation is 1. The van der Waals surface area contributed by atoms with Gasteiger partial charge in [-0.15, -0.1) is 0 Å². The van der Waals surface area contributed by atoms with E-state index in [1.807, 2.05) is 0 Å². The summed E-state index contributed by atoms with van der Waals surface area (Å²) in [7, 11) is 1.28. The number of amides is 1. The van der Waals surface area contributed by atoms with Crippen LogP contribution in [-0.4, -0.2) is 36.5 Å². The van der Waals surface area contributed by atoms with Crippen LogP contribution in [-0.2, 0) is 19.1 Å². The van der Waals surface area contributed by atoms with Crippen LogP contribution in [0.1, 0.15) is 53.8 Å². The molecule has 1 saturated carbocycles. The fourth-order valence-electron chi connectivity index (χ4n) is 2.28. The number of methoxy groups -OCH3 is 1. The number of anilines is 1. The maximum Gasteiger partial charge on any atom is 0.340 e. The molecule has 1 aliphatic carbocycles. The van der Waals surface area contributed by atoms with Gasteiger partial charge in [0, 0.05) is 11.6 Å². The number of ether oxygens (including phenoxy) is 2. The maximum atomic E-state index is 12.0. The zero-order chi connectivity index (χ0) is 17.0. The minimum atomic E-state index is -0.613. The van der Waals surface area contributed by atoms with Gasteiger partial charge in [-0.2, -0.15) is 0 Å². The van der Waals surface area contributed by atoms with Gasteiger partial charge in [0.25, 0.3) is 0 Å². The summed E-state index contributed by atoms with van der Waals surface area (Å²) in [5.41, 5.74) is 1.93. The molecule has 0 aromatic carbocycles. The molecule has 0 spiro atoms. The summed E-state index contributed by atoms with van der Waals surface area (Å²) in [4.78, 5) is 39.9. The monoisotopic (exact) mass is 320 g/mol. The van der Waals surface area contributed by atoms with E-state index in [0.717, 1.165) is 12.8 Å². The van der Waals surface area contributed by atoms with Gasteiger partial charge in [0.2, 0.25) is 5.91 Å². The first kappa shape index (κ1) is 16.9. The molecule has 0 unspecified atom stereocenters. The van der Waals surface area contributed by atoms with Gasteiger partial charge in [-0.25, -0.2) is 4.79 Å². The molecule has 1 aromatic heterocycles. The van der Waals surface area contributed by atoms with Crippen molar-refractivity contribution in [3.8, 4) is 0 Å². The van der Waals surface area contributed by atoms with Gasteiger partial charge in [0.15, 0.2) is 0 Å². The van der Waals surface area contributed by atoms with Crippen LogP contribution in [0, 0.1) is 6.92 Å². The van der Waals surface area contributed by atoms with E-state index in [0.29, 0.717) is 17.1 Å². The summed E-state index contributed by atoms with van der Waals surface area (Å²) >= 11 is 0. The molecule has 1 N–H and O–H groups in total. The molecule has 1 aliphatic rings. The minimum Gasteiger partial charge on any atom is -0.466 e. The highest BCUT2D eigenvalue weighted by Gasteiger charge is 2.31. The van der Waals surface area contributed by atoms with Crippen molar-refractivity contribution < 1.29 is 23.9 Å². The normalized spacial score (nSPS) is 13.3. The van der Waals surface area contributed by atoms with Crippen LogP contribution in [0.3, 0.4) is 0 Å². The van der Waals surface area contributed by atoms with Crippen molar-refractivity contribution in [3.63, 3.8) is 0 Å². The fourth-order valence-corrected chi connectivity index (χ4v) is 2.28. The third kappa shape index (κ3) is 4.28. The Bertz CT molecular complexity index is 638. The maximum absolute atomic E-state index is 12.0. The highest BCUT2D eigenvalue weighted by molar-refractivity contribution is 6.06. The summed E-state index contributed by atoms with van der Waals surface area (Å²) in [5, 5.41) is 2.63. The Morgan fingerprint density at radius 2 is 2.04 bits per heavy atom. The van der Waals surface area contributed by atoms with Crippen molar-refractivity contribution in [2.45, 2.75) is 39.0 Å². The fraction of sp³-hybridized carbons (Fsp3) is 0.500. The summed E-state index contributed by atoms with van der Waals surface area (Å²) in [6.45, 7) is 3.65. The standard InChI is InChI=1S/C16H20N2O5/c1-4-23-13(20)8-12(19)18-15-11(16(21)22-3)7-9(2)17-14(15)10-5-6-10/h7,10H,4-6,8H2,1-3H3,(H,18,19). The van der Waals surface area contributed by atoms with Gasteiger partial charge >= 0.3 is 11.9 Å². The Labute approximate surface area is 134 Å². The molecule has 1 amide bonds. The zero-order valence-electron chi connectivity index (χ0n) is 13.5. The molecular formula is C16H20N2O5. The van der Waals surface area contributed by atoms with Crippen LogP contribution in [0.2, 0.25) is 0 Å². The largest absolute Gasteiger partial charge is 0.466 e. The number of carbonyl (C=O) groups excluding carboxylic acids is 3. The van der Waals surface area contributed by atoms with Crippen molar-refractivity contribution in [1.82, 2.24) is 4.98 Å². The van der Waals surface area contributed by atoms with Crippen LogP contribution >= 0.6 is 0 Å². The molecule has 1 fully saturated rings. The molecule has 0 saturated heterocycles. The minimum absolute atomic E-state index is 0.207. The zero-order valence-corrected chi connectivity index (χ0v) is 13.5. The molecule has 124 valence electrons. The summed E-state index contributed by atoms with van der Waals surface area (Å²) in [6.07, 6.45) is 1.50. The van der Waals surface area contributed by atoms with Crippen LogP contribution in [0.15, 0.2) is 6.07 Å². The number of hydrogen-bond acceptors (Lipinski definition) is 6. The third-order valence-corrected chi connectivity index (χ3v) is 3.42. The average Bonchev–Trinajstić information content (AvgIpc) is 3.32. The SMILES string of the molecule is CCOC(=O)CC(=O)Nc1c(C(=O)OC)cc(C)nc1C1CC1. The second-order valence-electron chi connectivity index (χ2n) is 5.37. The summed E-state index contributed by atoms with van der Waals surface area (Å²) in [6, 6.07) is 1.57. The number of esters is 2. The Balaban J connectivity index is 2.29. The van der Waals surface area contributed by atoms with E-state index in [4.69, 9.17) is 9.47 Å². The molecule has 0 radical (unpaired) electrons. The van der Waals surface area contributed by atoms with Crippen LogP contribution in [0.25, 0.3) is 0 Å². The molecule has 7 nitrogen and oxygen atoms in total. The highest BCUT2D eigenvalue weighted by Crippen LogP contribution is 2.43. The van der Waals surface area contributed by atoms with Gasteiger partial charge in [-0.05, 0) is 32.8 Å². The van der Waals surface area contributed by atoms with E-state index in [9.17, 15) is 14.4 Å². The third-order valence-electron chi connectivity index (χ3n) is 3.42. The smallest absolute Gasteiger partial charge is 0.340 e. The van der Waals surface area contributed by atoms with Crippen molar-refractivity contribution in [2.75, 3.05) is 19.0 Å². The Hall–Kier alpha value is -2.44. The Morgan fingerprint density at radius 1 is 1.35 bits per heavy atom. The van der Waals surface area contributed by atoms with Gasteiger partial charge in [-0.3, -0.25) is 14.6 Å². The van der Waals surface area contributed by atoms with Crippen molar-refractivity contribution >= 4 is 23.5 Å². The van der Waals surface area contributed by atoms with E-state index in [1.54, 1.807) is 19.9 Å². The molecule has 2 rings (SSSR count). The van der Waals surface area contributed by atoms with E-state index in [1.165, 1.54) is 7.11 Å². The molecule has 1 aromatic rings. The van der Waals surface area contributed by atoms with E-state index in [2.05, 4.69) is 10.3 Å². The Morgan fingerprint density at radius 3 is 2.61 bits per heavy atom. The van der Waals surface area contributed by atoms with Gasteiger partial charge in [0.1, 0.15) is 6.42 Å². The van der Waals surface area contributed by atoms with Crippen molar-refractivity contribution in [1.29, 1.82) is 0 Å². The molecule has 0 atom stereocenters. The lowest BCUT2D eigenvalue weighted by atomic mass is 10.1.